The van der Waals surface area contributed by atoms with Gasteiger partial charge in [0.2, 0.25) is 0 Å². The summed E-state index contributed by atoms with van der Waals surface area (Å²) >= 11 is 0. The molecule has 5 nitrogen and oxygen atoms in total. The molecule has 5 heteroatoms. The van der Waals surface area contributed by atoms with Crippen molar-refractivity contribution in [1.29, 1.82) is 0 Å². The van der Waals surface area contributed by atoms with Gasteiger partial charge in [-0.3, -0.25) is 0 Å². The number of ether oxygens (including phenoxy) is 1. The minimum absolute atomic E-state index is 0.226. The molecule has 0 amide bonds. The first-order valence-corrected chi connectivity index (χ1v) is 6.74. The lowest BCUT2D eigenvalue weighted by atomic mass is 9.88. The van der Waals surface area contributed by atoms with Gasteiger partial charge in [0.15, 0.2) is 5.82 Å². The van der Waals surface area contributed by atoms with Crippen LogP contribution in [0.5, 0.6) is 5.88 Å². The maximum atomic E-state index is 5.28. The highest BCUT2D eigenvalue weighted by Gasteiger charge is 2.39. The molecule has 1 aliphatic heterocycles. The van der Waals surface area contributed by atoms with E-state index in [0.29, 0.717) is 11.8 Å². The molecule has 2 rings (SSSR count). The van der Waals surface area contributed by atoms with Gasteiger partial charge in [-0.25, -0.2) is 9.97 Å². The average Bonchev–Trinajstić information content (AvgIpc) is 2.65. The van der Waals surface area contributed by atoms with Crippen LogP contribution in [0, 0.1) is 5.92 Å². The van der Waals surface area contributed by atoms with Crippen LogP contribution in [0.25, 0.3) is 0 Å². The summed E-state index contributed by atoms with van der Waals surface area (Å²) in [6.45, 7) is 6.74. The first kappa shape index (κ1) is 14.1. The Bertz CT molecular complexity index is 435. The van der Waals surface area contributed by atoms with E-state index in [9.17, 15) is 0 Å². The summed E-state index contributed by atoms with van der Waals surface area (Å²) < 4.78 is 5.28. The van der Waals surface area contributed by atoms with Gasteiger partial charge in [-0.1, -0.05) is 0 Å². The summed E-state index contributed by atoms with van der Waals surface area (Å²) in [5.74, 6) is 2.03. The summed E-state index contributed by atoms with van der Waals surface area (Å²) in [5.41, 5.74) is 0.226. The molecule has 0 radical (unpaired) electrons. The molecule has 1 saturated heterocycles. The SMILES string of the molecule is COc1nccnc1N(C)CC1CCN(C)C1(C)C. The molecule has 0 saturated carbocycles. The maximum Gasteiger partial charge on any atom is 0.257 e. The second-order valence-electron chi connectivity index (χ2n) is 5.83. The van der Waals surface area contributed by atoms with Crippen LogP contribution in [0.1, 0.15) is 20.3 Å². The first-order chi connectivity index (χ1) is 8.96. The van der Waals surface area contributed by atoms with E-state index in [1.807, 2.05) is 0 Å². The van der Waals surface area contributed by atoms with Gasteiger partial charge in [-0.05, 0) is 39.8 Å². The third-order valence-corrected chi connectivity index (χ3v) is 4.49. The largest absolute Gasteiger partial charge is 0.478 e. The summed E-state index contributed by atoms with van der Waals surface area (Å²) in [4.78, 5) is 13.2. The lowest BCUT2D eigenvalue weighted by Gasteiger charge is -2.35. The van der Waals surface area contributed by atoms with Crippen molar-refractivity contribution in [2.24, 2.45) is 5.92 Å². The van der Waals surface area contributed by atoms with Crippen LogP contribution in [-0.4, -0.2) is 54.7 Å². The van der Waals surface area contributed by atoms with Crippen LogP contribution < -0.4 is 9.64 Å². The average molecular weight is 264 g/mol. The predicted octanol–water partition coefficient (Wildman–Crippen LogP) is 1.65. The number of likely N-dealkylation sites (tertiary alicyclic amines) is 1. The van der Waals surface area contributed by atoms with Crippen molar-refractivity contribution in [3.05, 3.63) is 12.4 Å². The van der Waals surface area contributed by atoms with E-state index in [-0.39, 0.29) is 5.54 Å². The van der Waals surface area contributed by atoms with Crippen LogP contribution in [-0.2, 0) is 0 Å². The summed E-state index contributed by atoms with van der Waals surface area (Å²) in [5, 5.41) is 0. The summed E-state index contributed by atoms with van der Waals surface area (Å²) in [7, 11) is 5.89. The van der Waals surface area contributed by atoms with Gasteiger partial charge >= 0.3 is 0 Å². The number of anilines is 1. The molecule has 1 unspecified atom stereocenters. The number of nitrogens with zero attached hydrogens (tertiary/aromatic N) is 4. The number of hydrogen-bond donors (Lipinski definition) is 0. The van der Waals surface area contributed by atoms with Crippen molar-refractivity contribution in [1.82, 2.24) is 14.9 Å². The summed E-state index contributed by atoms with van der Waals surface area (Å²) in [6.07, 6.45) is 4.58. The van der Waals surface area contributed by atoms with E-state index < -0.39 is 0 Å². The van der Waals surface area contributed by atoms with Crippen LogP contribution >= 0.6 is 0 Å². The minimum atomic E-state index is 0.226. The Labute approximate surface area is 115 Å². The van der Waals surface area contributed by atoms with Crippen LogP contribution in [0.4, 0.5) is 5.82 Å². The summed E-state index contributed by atoms with van der Waals surface area (Å²) in [6, 6.07) is 0. The quantitative estimate of drug-likeness (QED) is 0.827. The van der Waals surface area contributed by atoms with Crippen LogP contribution in [0.2, 0.25) is 0 Å². The van der Waals surface area contributed by atoms with E-state index in [4.69, 9.17) is 4.74 Å². The third kappa shape index (κ3) is 2.66. The van der Waals surface area contributed by atoms with Gasteiger partial charge in [0, 0.05) is 31.5 Å². The number of rotatable bonds is 4. The lowest BCUT2D eigenvalue weighted by Crippen LogP contribution is -2.43. The molecule has 2 heterocycles. The standard InChI is InChI=1S/C14H24N4O/c1-14(2)11(6-9-18(14)4)10-17(3)12-13(19-5)16-8-7-15-12/h7-8,11H,6,9-10H2,1-5H3. The maximum absolute atomic E-state index is 5.28. The molecule has 1 aromatic rings. The van der Waals surface area contributed by atoms with Crippen molar-refractivity contribution in [2.45, 2.75) is 25.8 Å². The highest BCUT2D eigenvalue weighted by Crippen LogP contribution is 2.34. The molecule has 0 N–H and O–H groups in total. The van der Waals surface area contributed by atoms with Gasteiger partial charge < -0.3 is 14.5 Å². The lowest BCUT2D eigenvalue weighted by molar-refractivity contribution is 0.174. The van der Waals surface area contributed by atoms with Gasteiger partial charge in [0.05, 0.1) is 7.11 Å². The number of hydrogen-bond acceptors (Lipinski definition) is 5. The molecule has 106 valence electrons. The van der Waals surface area contributed by atoms with Crippen molar-refractivity contribution in [3.63, 3.8) is 0 Å². The molecule has 1 aliphatic rings. The van der Waals surface area contributed by atoms with Crippen molar-refractivity contribution >= 4 is 5.82 Å². The van der Waals surface area contributed by atoms with Gasteiger partial charge in [-0.15, -0.1) is 0 Å². The van der Waals surface area contributed by atoms with E-state index in [2.05, 4.69) is 47.7 Å². The third-order valence-electron chi connectivity index (χ3n) is 4.49. The molecule has 1 atom stereocenters. The van der Waals surface area contributed by atoms with Crippen molar-refractivity contribution < 1.29 is 4.74 Å². The zero-order chi connectivity index (χ0) is 14.0. The molecule has 0 spiro atoms. The monoisotopic (exact) mass is 264 g/mol. The Hall–Kier alpha value is -1.36. The van der Waals surface area contributed by atoms with Gasteiger partial charge in [0.1, 0.15) is 0 Å². The minimum Gasteiger partial charge on any atom is -0.478 e. The smallest absolute Gasteiger partial charge is 0.257 e. The molecule has 0 aromatic carbocycles. The molecular formula is C14H24N4O. The van der Waals surface area contributed by atoms with Gasteiger partial charge in [0.25, 0.3) is 5.88 Å². The van der Waals surface area contributed by atoms with Crippen LogP contribution in [0.3, 0.4) is 0 Å². The van der Waals surface area contributed by atoms with E-state index >= 15 is 0 Å². The van der Waals surface area contributed by atoms with E-state index in [0.717, 1.165) is 18.9 Å². The zero-order valence-electron chi connectivity index (χ0n) is 12.6. The Kier molecular flexibility index (Phi) is 3.94. The van der Waals surface area contributed by atoms with Gasteiger partial charge in [-0.2, -0.15) is 0 Å². The molecule has 19 heavy (non-hydrogen) atoms. The Morgan fingerprint density at radius 3 is 2.68 bits per heavy atom. The fourth-order valence-electron chi connectivity index (χ4n) is 2.76. The molecule has 1 fully saturated rings. The number of aromatic nitrogens is 2. The van der Waals surface area contributed by atoms with E-state index in [1.54, 1.807) is 19.5 Å². The normalized spacial score (nSPS) is 22.5. The molecule has 0 bridgehead atoms. The highest BCUT2D eigenvalue weighted by atomic mass is 16.5. The fraction of sp³-hybridized carbons (Fsp3) is 0.714. The second kappa shape index (κ2) is 5.33. The molecular weight excluding hydrogens is 240 g/mol. The van der Waals surface area contributed by atoms with Crippen molar-refractivity contribution in [3.8, 4) is 5.88 Å². The first-order valence-electron chi connectivity index (χ1n) is 6.74. The number of methoxy groups -OCH3 is 1. The topological polar surface area (TPSA) is 41.5 Å². The Morgan fingerprint density at radius 1 is 1.42 bits per heavy atom. The second-order valence-corrected chi connectivity index (χ2v) is 5.83. The fourth-order valence-corrected chi connectivity index (χ4v) is 2.76. The highest BCUT2D eigenvalue weighted by molar-refractivity contribution is 5.47. The zero-order valence-corrected chi connectivity index (χ0v) is 12.6. The van der Waals surface area contributed by atoms with E-state index in [1.165, 1.54) is 6.42 Å². The van der Waals surface area contributed by atoms with Crippen LogP contribution in [0.15, 0.2) is 12.4 Å². The Balaban J connectivity index is 2.11. The van der Waals surface area contributed by atoms with Crippen molar-refractivity contribution in [2.75, 3.05) is 39.2 Å². The predicted molar refractivity (Wildman–Crippen MR) is 76.7 cm³/mol. The Morgan fingerprint density at radius 2 is 2.11 bits per heavy atom. The molecule has 1 aromatic heterocycles. The molecule has 0 aliphatic carbocycles.